The molecular weight excluding hydrogens is 194 g/mol. The van der Waals surface area contributed by atoms with E-state index in [9.17, 15) is 0 Å². The zero-order valence-corrected chi connectivity index (χ0v) is 9.53. The van der Waals surface area contributed by atoms with Crippen LogP contribution in [0, 0.1) is 0 Å². The Morgan fingerprint density at radius 2 is 2.33 bits per heavy atom. The number of hydrogen-bond donors (Lipinski definition) is 2. The number of methoxy groups -OCH3 is 1. The first-order valence-corrected chi connectivity index (χ1v) is 4.86. The van der Waals surface area contributed by atoms with E-state index in [2.05, 4.69) is 15.4 Å². The highest BCUT2D eigenvalue weighted by Crippen LogP contribution is 2.16. The summed E-state index contributed by atoms with van der Waals surface area (Å²) in [5, 5.41) is 4.25. The molecule has 0 amide bonds. The Hall–Kier alpha value is -1.11. The Morgan fingerprint density at radius 1 is 1.60 bits per heavy atom. The Bertz CT molecular complexity index is 297. The Kier molecular flexibility index (Phi) is 4.54. The third-order valence-electron chi connectivity index (χ3n) is 2.16. The molecule has 0 aliphatic heterocycles. The van der Waals surface area contributed by atoms with Crippen LogP contribution in [0.4, 0.5) is 0 Å². The molecule has 1 aromatic rings. The van der Waals surface area contributed by atoms with Crippen molar-refractivity contribution >= 4 is 0 Å². The normalized spacial score (nSPS) is 11.0. The predicted octanol–water partition coefficient (Wildman–Crippen LogP) is -0.583. The molecule has 0 aliphatic rings. The van der Waals surface area contributed by atoms with Crippen molar-refractivity contribution in [2.24, 2.45) is 5.84 Å². The summed E-state index contributed by atoms with van der Waals surface area (Å²) in [6.07, 6.45) is 1.71. The van der Waals surface area contributed by atoms with Gasteiger partial charge in [0.15, 0.2) is 5.75 Å². The predicted molar refractivity (Wildman–Crippen MR) is 58.4 cm³/mol. The number of likely N-dealkylation sites (N-methyl/N-ethyl adjacent to an activating group) is 1. The molecule has 6 nitrogen and oxygen atoms in total. The minimum absolute atomic E-state index is 0.552. The van der Waals surface area contributed by atoms with Gasteiger partial charge in [0.05, 0.1) is 32.1 Å². The van der Waals surface area contributed by atoms with Crippen LogP contribution in [0.2, 0.25) is 0 Å². The summed E-state index contributed by atoms with van der Waals surface area (Å²) < 4.78 is 7.09. The number of aromatic nitrogens is 2. The minimum atomic E-state index is 0.552. The molecule has 0 saturated carbocycles. The highest BCUT2D eigenvalue weighted by molar-refractivity contribution is 5.24. The lowest BCUT2D eigenvalue weighted by Gasteiger charge is -2.12. The van der Waals surface area contributed by atoms with E-state index >= 15 is 0 Å². The number of nitrogens with two attached hydrogens (primary N) is 1. The van der Waals surface area contributed by atoms with Crippen molar-refractivity contribution in [3.63, 3.8) is 0 Å². The number of hydrogen-bond acceptors (Lipinski definition) is 5. The van der Waals surface area contributed by atoms with E-state index < -0.39 is 0 Å². The summed E-state index contributed by atoms with van der Waals surface area (Å²) in [5.74, 6) is 6.08. The lowest BCUT2D eigenvalue weighted by atomic mass is 10.4. The molecule has 0 radical (unpaired) electrons. The lowest BCUT2D eigenvalue weighted by Crippen LogP contribution is -2.25. The van der Waals surface area contributed by atoms with Crippen LogP contribution in [0.25, 0.3) is 0 Å². The first-order chi connectivity index (χ1) is 7.19. The van der Waals surface area contributed by atoms with Gasteiger partial charge < -0.3 is 9.64 Å². The Balaban J connectivity index is 2.72. The SMILES string of the molecule is COc1cnn(CCN(C)C)c1CNN. The first kappa shape index (κ1) is 12.0. The zero-order chi connectivity index (χ0) is 11.3. The summed E-state index contributed by atoms with van der Waals surface area (Å²) in [6.45, 7) is 2.31. The molecule has 6 heteroatoms. The second-order valence-electron chi connectivity index (χ2n) is 3.57. The summed E-state index contributed by atoms with van der Waals surface area (Å²) in [7, 11) is 5.69. The van der Waals surface area contributed by atoms with Crippen molar-refractivity contribution in [2.75, 3.05) is 27.7 Å². The topological polar surface area (TPSA) is 68.3 Å². The third kappa shape index (κ3) is 3.19. The monoisotopic (exact) mass is 213 g/mol. The maximum absolute atomic E-state index is 5.31. The van der Waals surface area contributed by atoms with Gasteiger partial charge in [-0.1, -0.05) is 0 Å². The molecule has 15 heavy (non-hydrogen) atoms. The highest BCUT2D eigenvalue weighted by Gasteiger charge is 2.10. The van der Waals surface area contributed by atoms with E-state index in [0.717, 1.165) is 24.5 Å². The number of ether oxygens (including phenoxy) is 1. The van der Waals surface area contributed by atoms with E-state index in [1.807, 2.05) is 18.8 Å². The highest BCUT2D eigenvalue weighted by atomic mass is 16.5. The van der Waals surface area contributed by atoms with Crippen molar-refractivity contribution in [3.05, 3.63) is 11.9 Å². The number of hydrazine groups is 1. The van der Waals surface area contributed by atoms with Crippen molar-refractivity contribution in [3.8, 4) is 5.75 Å². The zero-order valence-electron chi connectivity index (χ0n) is 9.53. The van der Waals surface area contributed by atoms with E-state index in [-0.39, 0.29) is 0 Å². The van der Waals surface area contributed by atoms with Crippen LogP contribution in [0.15, 0.2) is 6.20 Å². The number of nitrogens with zero attached hydrogens (tertiary/aromatic N) is 3. The van der Waals surface area contributed by atoms with E-state index in [1.54, 1.807) is 13.3 Å². The summed E-state index contributed by atoms with van der Waals surface area (Å²) >= 11 is 0. The van der Waals surface area contributed by atoms with Crippen LogP contribution >= 0.6 is 0 Å². The van der Waals surface area contributed by atoms with Crippen LogP contribution in [0.5, 0.6) is 5.75 Å². The van der Waals surface area contributed by atoms with Gasteiger partial charge in [0, 0.05) is 6.54 Å². The van der Waals surface area contributed by atoms with Crippen LogP contribution in [0.1, 0.15) is 5.69 Å². The molecule has 0 bridgehead atoms. The molecule has 86 valence electrons. The molecule has 0 atom stereocenters. The molecule has 0 fully saturated rings. The molecule has 0 unspecified atom stereocenters. The van der Waals surface area contributed by atoms with Crippen LogP contribution in [-0.2, 0) is 13.1 Å². The van der Waals surface area contributed by atoms with E-state index in [4.69, 9.17) is 10.6 Å². The first-order valence-electron chi connectivity index (χ1n) is 4.86. The van der Waals surface area contributed by atoms with Crippen molar-refractivity contribution in [1.82, 2.24) is 20.1 Å². The summed E-state index contributed by atoms with van der Waals surface area (Å²) in [5.41, 5.74) is 3.59. The van der Waals surface area contributed by atoms with Crippen molar-refractivity contribution in [2.45, 2.75) is 13.1 Å². The molecule has 0 aliphatic carbocycles. The standard InChI is InChI=1S/C9H19N5O/c1-13(2)4-5-14-8(6-11-10)9(15-3)7-12-14/h7,11H,4-6,10H2,1-3H3. The molecule has 1 heterocycles. The largest absolute Gasteiger partial charge is 0.493 e. The summed E-state index contributed by atoms with van der Waals surface area (Å²) in [6, 6.07) is 0. The third-order valence-corrected chi connectivity index (χ3v) is 2.16. The fourth-order valence-corrected chi connectivity index (χ4v) is 1.33. The maximum Gasteiger partial charge on any atom is 0.161 e. The van der Waals surface area contributed by atoms with Gasteiger partial charge in [0.2, 0.25) is 0 Å². The number of nitrogens with one attached hydrogen (secondary N) is 1. The Morgan fingerprint density at radius 3 is 2.87 bits per heavy atom. The summed E-state index contributed by atoms with van der Waals surface area (Å²) in [4.78, 5) is 2.10. The van der Waals surface area contributed by atoms with Crippen LogP contribution in [0.3, 0.4) is 0 Å². The molecule has 1 rings (SSSR count). The smallest absolute Gasteiger partial charge is 0.161 e. The molecule has 1 aromatic heterocycles. The maximum atomic E-state index is 5.31. The van der Waals surface area contributed by atoms with Gasteiger partial charge >= 0.3 is 0 Å². The molecule has 0 saturated heterocycles. The molecular formula is C9H19N5O. The van der Waals surface area contributed by atoms with E-state index in [0.29, 0.717) is 6.54 Å². The van der Waals surface area contributed by atoms with E-state index in [1.165, 1.54) is 0 Å². The van der Waals surface area contributed by atoms with Crippen LogP contribution in [-0.4, -0.2) is 42.4 Å². The van der Waals surface area contributed by atoms with Gasteiger partial charge in [-0.3, -0.25) is 16.0 Å². The second kappa shape index (κ2) is 5.69. The molecule has 3 N–H and O–H groups in total. The molecule has 0 aromatic carbocycles. The average Bonchev–Trinajstić information content (AvgIpc) is 2.58. The van der Waals surface area contributed by atoms with Gasteiger partial charge in [-0.15, -0.1) is 0 Å². The fourth-order valence-electron chi connectivity index (χ4n) is 1.33. The van der Waals surface area contributed by atoms with Crippen molar-refractivity contribution in [1.29, 1.82) is 0 Å². The number of rotatable bonds is 6. The van der Waals surface area contributed by atoms with Gasteiger partial charge in [-0.2, -0.15) is 5.10 Å². The average molecular weight is 213 g/mol. The molecule has 0 spiro atoms. The fraction of sp³-hybridized carbons (Fsp3) is 0.667. The van der Waals surface area contributed by atoms with Gasteiger partial charge in [0.25, 0.3) is 0 Å². The van der Waals surface area contributed by atoms with Gasteiger partial charge in [0.1, 0.15) is 0 Å². The van der Waals surface area contributed by atoms with Gasteiger partial charge in [-0.05, 0) is 14.1 Å². The quantitative estimate of drug-likeness (QED) is 0.488. The van der Waals surface area contributed by atoms with Gasteiger partial charge in [-0.25, -0.2) is 0 Å². The Labute approximate surface area is 90.0 Å². The second-order valence-corrected chi connectivity index (χ2v) is 3.57. The van der Waals surface area contributed by atoms with Crippen LogP contribution < -0.4 is 16.0 Å². The minimum Gasteiger partial charge on any atom is -0.493 e. The van der Waals surface area contributed by atoms with Crippen molar-refractivity contribution < 1.29 is 4.74 Å². The lowest BCUT2D eigenvalue weighted by molar-refractivity contribution is 0.364.